The Bertz CT molecular complexity index is 824. The molecule has 1 aromatic rings. The molecule has 1 aromatic carbocycles. The maximum Gasteiger partial charge on any atom is 0.311 e. The zero-order chi connectivity index (χ0) is 19.1. The molecule has 5 aliphatic rings. The van der Waals surface area contributed by atoms with Gasteiger partial charge in [-0.25, -0.2) is 0 Å². The molecule has 0 aromatic heterocycles. The second-order valence-electron chi connectivity index (χ2n) is 10.3. The molecule has 4 nitrogen and oxygen atoms in total. The number of hydrogen-bond acceptors (Lipinski definition) is 4. The van der Waals surface area contributed by atoms with E-state index in [0.29, 0.717) is 5.92 Å². The van der Waals surface area contributed by atoms with E-state index in [0.717, 1.165) is 32.5 Å². The van der Waals surface area contributed by atoms with E-state index in [1.54, 1.807) is 0 Å². The first-order chi connectivity index (χ1) is 13.5. The summed E-state index contributed by atoms with van der Waals surface area (Å²) in [6.45, 7) is 7.55. The summed E-state index contributed by atoms with van der Waals surface area (Å²) in [4.78, 5) is 15.4. The van der Waals surface area contributed by atoms with Crippen molar-refractivity contribution < 1.29 is 14.3 Å². The summed E-state index contributed by atoms with van der Waals surface area (Å²) >= 11 is 0. The third kappa shape index (κ3) is 2.22. The zero-order valence-electron chi connectivity index (χ0n) is 17.0. The average molecular weight is 382 g/mol. The molecule has 4 fully saturated rings. The van der Waals surface area contributed by atoms with Crippen molar-refractivity contribution in [2.75, 3.05) is 13.1 Å². The van der Waals surface area contributed by atoms with E-state index in [4.69, 9.17) is 9.47 Å². The molecule has 6 rings (SSSR count). The van der Waals surface area contributed by atoms with Crippen LogP contribution in [0.2, 0.25) is 0 Å². The van der Waals surface area contributed by atoms with Gasteiger partial charge in [-0.1, -0.05) is 44.5 Å². The lowest BCUT2D eigenvalue weighted by molar-refractivity contribution is -0.146. The lowest BCUT2D eigenvalue weighted by Gasteiger charge is -2.49. The van der Waals surface area contributed by atoms with Gasteiger partial charge in [0.2, 0.25) is 0 Å². The van der Waals surface area contributed by atoms with Crippen LogP contribution in [0.3, 0.4) is 0 Å². The van der Waals surface area contributed by atoms with Crippen molar-refractivity contribution in [2.45, 2.75) is 70.3 Å². The van der Waals surface area contributed by atoms with Crippen LogP contribution in [0.5, 0.6) is 0 Å². The van der Waals surface area contributed by atoms with Gasteiger partial charge >= 0.3 is 5.97 Å². The maximum atomic E-state index is 12.9. The minimum atomic E-state index is -0.0293. The summed E-state index contributed by atoms with van der Waals surface area (Å²) in [5.41, 5.74) is 3.05. The Hall–Kier alpha value is -1.39. The Morgan fingerprint density at radius 3 is 2.93 bits per heavy atom. The fraction of sp³-hybridized carbons (Fsp3) is 0.708. The van der Waals surface area contributed by atoms with Gasteiger partial charge in [-0.15, -0.1) is 0 Å². The minimum Gasteiger partial charge on any atom is -0.462 e. The van der Waals surface area contributed by atoms with Crippen molar-refractivity contribution in [2.24, 2.45) is 23.2 Å². The second kappa shape index (κ2) is 5.82. The van der Waals surface area contributed by atoms with Gasteiger partial charge in [-0.05, 0) is 42.7 Å². The van der Waals surface area contributed by atoms with Gasteiger partial charge < -0.3 is 9.47 Å². The van der Waals surface area contributed by atoms with E-state index in [9.17, 15) is 4.79 Å². The van der Waals surface area contributed by atoms with Crippen molar-refractivity contribution in [3.63, 3.8) is 0 Å². The first-order valence-corrected chi connectivity index (χ1v) is 11.2. The van der Waals surface area contributed by atoms with E-state index in [1.165, 1.54) is 30.4 Å². The number of hydrogen-bond donors (Lipinski definition) is 0. The molecule has 2 aliphatic carbocycles. The van der Waals surface area contributed by atoms with Crippen LogP contribution in [0.4, 0.5) is 0 Å². The standard InChI is InChI=1S/C24H31NO3/c1-15-6-5-10-23(2)12-19-20(21-24(15,23)28-21)18(22(26)27-19)14-25-11-9-16-7-3-4-8-17(16)13-25/h3-4,7-8,15,18-21H,5-6,9-14H2,1-2H3/t15-,18?,19+,20+,21?,23+,24?/m0/s1. The fourth-order valence-corrected chi connectivity index (χ4v) is 7.43. The smallest absolute Gasteiger partial charge is 0.311 e. The third-order valence-corrected chi connectivity index (χ3v) is 8.86. The molecule has 3 unspecified atom stereocenters. The number of benzene rings is 1. The third-order valence-electron chi connectivity index (χ3n) is 8.86. The first kappa shape index (κ1) is 17.5. The summed E-state index contributed by atoms with van der Waals surface area (Å²) in [5, 5.41) is 0. The summed E-state index contributed by atoms with van der Waals surface area (Å²) in [6.07, 6.45) is 6.09. The van der Waals surface area contributed by atoms with Gasteiger partial charge in [0.15, 0.2) is 0 Å². The van der Waals surface area contributed by atoms with Crippen LogP contribution < -0.4 is 0 Å². The molecule has 0 bridgehead atoms. The topological polar surface area (TPSA) is 42.1 Å². The molecule has 2 saturated carbocycles. The van der Waals surface area contributed by atoms with Crippen molar-refractivity contribution in [3.05, 3.63) is 35.4 Å². The predicted molar refractivity (Wildman–Crippen MR) is 106 cm³/mol. The lowest BCUT2D eigenvalue weighted by atomic mass is 9.53. The normalized spacial score (nSPS) is 46.8. The van der Waals surface area contributed by atoms with Crippen molar-refractivity contribution in [1.82, 2.24) is 4.90 Å². The van der Waals surface area contributed by atoms with Gasteiger partial charge in [0, 0.05) is 31.0 Å². The molecule has 0 N–H and O–H groups in total. The van der Waals surface area contributed by atoms with Gasteiger partial charge in [-0.3, -0.25) is 9.69 Å². The summed E-state index contributed by atoms with van der Waals surface area (Å²) in [6, 6.07) is 8.71. The van der Waals surface area contributed by atoms with E-state index < -0.39 is 0 Å². The molecule has 2 saturated heterocycles. The highest BCUT2D eigenvalue weighted by molar-refractivity contribution is 5.76. The highest BCUT2D eigenvalue weighted by Crippen LogP contribution is 2.70. The second-order valence-corrected chi connectivity index (χ2v) is 10.3. The van der Waals surface area contributed by atoms with Crippen molar-refractivity contribution in [1.29, 1.82) is 0 Å². The van der Waals surface area contributed by atoms with E-state index >= 15 is 0 Å². The van der Waals surface area contributed by atoms with Gasteiger partial charge in [0.25, 0.3) is 0 Å². The van der Waals surface area contributed by atoms with Gasteiger partial charge in [0.05, 0.1) is 12.0 Å². The molecule has 3 heterocycles. The number of carbonyl (C=O) groups excluding carboxylic acids is 1. The first-order valence-electron chi connectivity index (χ1n) is 11.2. The quantitative estimate of drug-likeness (QED) is 0.580. The zero-order valence-corrected chi connectivity index (χ0v) is 17.0. The van der Waals surface area contributed by atoms with Crippen LogP contribution in [-0.2, 0) is 27.2 Å². The molecular formula is C24H31NO3. The monoisotopic (exact) mass is 381 g/mol. The van der Waals surface area contributed by atoms with Crippen LogP contribution in [0, 0.1) is 23.2 Å². The highest BCUT2D eigenvalue weighted by Gasteiger charge is 2.78. The molecule has 150 valence electrons. The molecule has 7 atom stereocenters. The largest absolute Gasteiger partial charge is 0.462 e. The number of epoxide rings is 1. The number of fused-ring (bicyclic) bond motifs is 3. The van der Waals surface area contributed by atoms with Crippen LogP contribution in [0.1, 0.15) is 50.7 Å². The molecule has 28 heavy (non-hydrogen) atoms. The summed E-state index contributed by atoms with van der Waals surface area (Å²) in [5.74, 6) is 0.835. The average Bonchev–Trinajstić information content (AvgIpc) is 3.37. The molecule has 0 amide bonds. The van der Waals surface area contributed by atoms with E-state index in [-0.39, 0.29) is 41.0 Å². The SMILES string of the molecule is C[C@H]1CCC[C@]2(C)C[C@H]3OC(=O)C(CN4CCc5ccccc5C4)[C@H]3C3OC312. The highest BCUT2D eigenvalue weighted by atomic mass is 16.6. The van der Waals surface area contributed by atoms with Gasteiger partial charge in [0.1, 0.15) is 11.7 Å². The van der Waals surface area contributed by atoms with Crippen LogP contribution >= 0.6 is 0 Å². The van der Waals surface area contributed by atoms with Crippen LogP contribution in [0.15, 0.2) is 24.3 Å². The molecule has 3 aliphatic heterocycles. The molecular weight excluding hydrogens is 350 g/mol. The van der Waals surface area contributed by atoms with E-state index in [2.05, 4.69) is 43.0 Å². The Morgan fingerprint density at radius 1 is 1.25 bits per heavy atom. The molecule has 1 spiro atoms. The van der Waals surface area contributed by atoms with Crippen molar-refractivity contribution >= 4 is 5.97 Å². The summed E-state index contributed by atoms with van der Waals surface area (Å²) < 4.78 is 12.6. The van der Waals surface area contributed by atoms with Crippen LogP contribution in [0.25, 0.3) is 0 Å². The number of ether oxygens (including phenoxy) is 2. The lowest BCUT2D eigenvalue weighted by Crippen LogP contribution is -2.54. The Morgan fingerprint density at radius 2 is 2.07 bits per heavy atom. The number of nitrogens with zero attached hydrogens (tertiary/aromatic N) is 1. The molecule has 4 heteroatoms. The Labute approximate surface area is 167 Å². The predicted octanol–water partition coefficient (Wildman–Crippen LogP) is 3.57. The van der Waals surface area contributed by atoms with E-state index in [1.807, 2.05) is 0 Å². The van der Waals surface area contributed by atoms with Crippen LogP contribution in [-0.4, -0.2) is 41.8 Å². The Kier molecular flexibility index (Phi) is 3.63. The number of carbonyl (C=O) groups is 1. The summed E-state index contributed by atoms with van der Waals surface area (Å²) in [7, 11) is 0. The number of rotatable bonds is 2. The van der Waals surface area contributed by atoms with Gasteiger partial charge in [-0.2, -0.15) is 0 Å². The maximum absolute atomic E-state index is 12.9. The minimum absolute atomic E-state index is 0.00709. The molecule has 0 radical (unpaired) electrons. The van der Waals surface area contributed by atoms with Crippen molar-refractivity contribution in [3.8, 4) is 0 Å². The number of esters is 1. The Balaban J connectivity index is 1.24. The fourth-order valence-electron chi connectivity index (χ4n) is 7.43.